The smallest absolute Gasteiger partial charge is 0.277 e. The zero-order valence-corrected chi connectivity index (χ0v) is 12.2. The Kier molecular flexibility index (Phi) is 3.14. The molecular formula is C16H17N5O. The Hall–Kier alpha value is -2.63. The summed E-state index contributed by atoms with van der Waals surface area (Å²) in [6.45, 7) is 0.648. The summed E-state index contributed by atoms with van der Waals surface area (Å²) in [5.74, 6) is 1.01. The molecule has 0 saturated heterocycles. The maximum atomic E-state index is 12.5. The minimum atomic E-state index is -0.0139. The van der Waals surface area contributed by atoms with Crippen LogP contribution in [-0.4, -0.2) is 19.6 Å². The Labute approximate surface area is 127 Å². The molecule has 0 unspecified atom stereocenters. The zero-order valence-electron chi connectivity index (χ0n) is 12.2. The van der Waals surface area contributed by atoms with Crippen LogP contribution in [0.4, 0.5) is 5.95 Å². The minimum absolute atomic E-state index is 0.0139. The SMILES string of the molecule is O=c1c2c(nc3nc(NCc4ccccc4)[nH]n13)CCCC2. The normalized spacial score (nSPS) is 14.0. The van der Waals surface area contributed by atoms with Crippen molar-refractivity contribution in [3.8, 4) is 0 Å². The van der Waals surface area contributed by atoms with Crippen LogP contribution in [0.25, 0.3) is 5.78 Å². The van der Waals surface area contributed by atoms with E-state index in [0.29, 0.717) is 18.3 Å². The highest BCUT2D eigenvalue weighted by molar-refractivity contribution is 5.40. The van der Waals surface area contributed by atoms with Crippen molar-refractivity contribution in [3.63, 3.8) is 0 Å². The van der Waals surface area contributed by atoms with Gasteiger partial charge in [-0.2, -0.15) is 9.50 Å². The van der Waals surface area contributed by atoms with Gasteiger partial charge in [-0.1, -0.05) is 30.3 Å². The van der Waals surface area contributed by atoms with Gasteiger partial charge in [0.05, 0.1) is 5.69 Å². The lowest BCUT2D eigenvalue weighted by Crippen LogP contribution is -2.25. The van der Waals surface area contributed by atoms with E-state index in [0.717, 1.165) is 42.5 Å². The number of aromatic amines is 1. The maximum absolute atomic E-state index is 12.5. The highest BCUT2D eigenvalue weighted by Crippen LogP contribution is 2.16. The van der Waals surface area contributed by atoms with Crippen molar-refractivity contribution >= 4 is 11.7 Å². The minimum Gasteiger partial charge on any atom is -0.351 e. The van der Waals surface area contributed by atoms with E-state index < -0.39 is 0 Å². The van der Waals surface area contributed by atoms with Crippen molar-refractivity contribution in [2.24, 2.45) is 0 Å². The standard InChI is InChI=1S/C16H17N5O/c22-14-12-8-4-5-9-13(12)18-16-19-15(20-21(14)16)17-10-11-6-2-1-3-7-11/h1-3,6-7H,4-5,8-10H2,(H2,17,18,19,20). The number of nitrogens with one attached hydrogen (secondary N) is 2. The molecule has 0 fully saturated rings. The van der Waals surface area contributed by atoms with Crippen LogP contribution in [0.5, 0.6) is 0 Å². The molecule has 3 aromatic rings. The van der Waals surface area contributed by atoms with Gasteiger partial charge in [0.15, 0.2) is 0 Å². The summed E-state index contributed by atoms with van der Waals surface area (Å²) in [6, 6.07) is 10.1. The first-order chi connectivity index (χ1) is 10.8. The Bertz CT molecular complexity index is 865. The van der Waals surface area contributed by atoms with Crippen LogP contribution in [0, 0.1) is 0 Å². The van der Waals surface area contributed by atoms with Crippen LogP contribution in [0.1, 0.15) is 29.7 Å². The van der Waals surface area contributed by atoms with Gasteiger partial charge in [0.25, 0.3) is 11.3 Å². The second-order valence-electron chi connectivity index (χ2n) is 5.60. The lowest BCUT2D eigenvalue weighted by molar-refractivity contribution is 0.650. The number of aryl methyl sites for hydroxylation is 1. The van der Waals surface area contributed by atoms with Gasteiger partial charge < -0.3 is 5.32 Å². The molecule has 0 spiro atoms. The summed E-state index contributed by atoms with van der Waals surface area (Å²) in [7, 11) is 0. The molecule has 2 heterocycles. The first-order valence-corrected chi connectivity index (χ1v) is 7.59. The van der Waals surface area contributed by atoms with E-state index >= 15 is 0 Å². The molecule has 1 aliphatic carbocycles. The fourth-order valence-electron chi connectivity index (χ4n) is 2.91. The Morgan fingerprint density at radius 1 is 1.14 bits per heavy atom. The van der Waals surface area contributed by atoms with Crippen LogP contribution >= 0.6 is 0 Å². The van der Waals surface area contributed by atoms with E-state index in [1.165, 1.54) is 4.52 Å². The van der Waals surface area contributed by atoms with Crippen LogP contribution in [-0.2, 0) is 19.4 Å². The van der Waals surface area contributed by atoms with Gasteiger partial charge in [-0.05, 0) is 31.2 Å². The second kappa shape index (κ2) is 5.29. The van der Waals surface area contributed by atoms with E-state index in [4.69, 9.17) is 0 Å². The van der Waals surface area contributed by atoms with Crippen molar-refractivity contribution in [1.29, 1.82) is 0 Å². The fraction of sp³-hybridized carbons (Fsp3) is 0.312. The Morgan fingerprint density at radius 2 is 1.95 bits per heavy atom. The molecule has 2 aromatic heterocycles. The van der Waals surface area contributed by atoms with E-state index in [2.05, 4.69) is 20.4 Å². The molecule has 0 saturated carbocycles. The molecule has 4 rings (SSSR count). The van der Waals surface area contributed by atoms with Crippen LogP contribution in [0.2, 0.25) is 0 Å². The average molecular weight is 295 g/mol. The summed E-state index contributed by atoms with van der Waals surface area (Å²) in [5, 5.41) is 6.21. The Morgan fingerprint density at radius 3 is 2.82 bits per heavy atom. The first-order valence-electron chi connectivity index (χ1n) is 7.59. The second-order valence-corrected chi connectivity index (χ2v) is 5.60. The summed E-state index contributed by atoms with van der Waals surface area (Å²) in [5.41, 5.74) is 2.89. The molecule has 0 aliphatic heterocycles. The third-order valence-electron chi connectivity index (χ3n) is 4.07. The van der Waals surface area contributed by atoms with Gasteiger partial charge in [0, 0.05) is 12.1 Å². The van der Waals surface area contributed by atoms with Gasteiger partial charge >= 0.3 is 0 Å². The van der Waals surface area contributed by atoms with E-state index in [-0.39, 0.29) is 5.56 Å². The van der Waals surface area contributed by atoms with Crippen molar-refractivity contribution in [2.45, 2.75) is 32.2 Å². The third-order valence-corrected chi connectivity index (χ3v) is 4.07. The molecule has 6 nitrogen and oxygen atoms in total. The van der Waals surface area contributed by atoms with Gasteiger partial charge in [0.1, 0.15) is 0 Å². The molecule has 0 bridgehead atoms. The van der Waals surface area contributed by atoms with Gasteiger partial charge in [-0.3, -0.25) is 9.89 Å². The summed E-state index contributed by atoms with van der Waals surface area (Å²) < 4.78 is 1.44. The molecule has 0 atom stereocenters. The number of anilines is 1. The lowest BCUT2D eigenvalue weighted by Gasteiger charge is -2.12. The van der Waals surface area contributed by atoms with Gasteiger partial charge in [0.2, 0.25) is 5.95 Å². The number of nitrogens with zero attached hydrogens (tertiary/aromatic N) is 3. The molecule has 2 N–H and O–H groups in total. The number of benzene rings is 1. The first kappa shape index (κ1) is 13.1. The number of fused-ring (bicyclic) bond motifs is 2. The lowest BCUT2D eigenvalue weighted by atomic mass is 9.97. The molecular weight excluding hydrogens is 278 g/mol. The van der Waals surface area contributed by atoms with E-state index in [9.17, 15) is 4.79 Å². The van der Waals surface area contributed by atoms with Crippen molar-refractivity contribution in [3.05, 3.63) is 57.5 Å². The van der Waals surface area contributed by atoms with E-state index in [1.807, 2.05) is 30.3 Å². The predicted molar refractivity (Wildman–Crippen MR) is 84.0 cm³/mol. The molecule has 6 heteroatoms. The number of H-pyrrole nitrogens is 1. The molecule has 1 aliphatic rings. The van der Waals surface area contributed by atoms with Crippen molar-refractivity contribution < 1.29 is 0 Å². The van der Waals surface area contributed by atoms with Crippen LogP contribution < -0.4 is 10.9 Å². The van der Waals surface area contributed by atoms with E-state index in [1.54, 1.807) is 0 Å². The summed E-state index contributed by atoms with van der Waals surface area (Å²) >= 11 is 0. The number of aromatic nitrogens is 4. The fourth-order valence-corrected chi connectivity index (χ4v) is 2.91. The maximum Gasteiger partial charge on any atom is 0.277 e. The highest BCUT2D eigenvalue weighted by Gasteiger charge is 2.18. The summed E-state index contributed by atoms with van der Waals surface area (Å²) in [6.07, 6.45) is 3.85. The van der Waals surface area contributed by atoms with Gasteiger partial charge in [-0.25, -0.2) is 4.98 Å². The molecule has 0 radical (unpaired) electrons. The molecule has 1 aromatic carbocycles. The number of rotatable bonds is 3. The topological polar surface area (TPSA) is 75.1 Å². The van der Waals surface area contributed by atoms with Crippen LogP contribution in [0.3, 0.4) is 0 Å². The van der Waals surface area contributed by atoms with Crippen LogP contribution in [0.15, 0.2) is 35.1 Å². The molecule has 22 heavy (non-hydrogen) atoms. The number of hydrogen-bond donors (Lipinski definition) is 2. The van der Waals surface area contributed by atoms with Crippen molar-refractivity contribution in [1.82, 2.24) is 19.6 Å². The zero-order chi connectivity index (χ0) is 14.9. The van der Waals surface area contributed by atoms with Gasteiger partial charge in [-0.15, -0.1) is 0 Å². The van der Waals surface area contributed by atoms with Crippen molar-refractivity contribution in [2.75, 3.05) is 5.32 Å². The third kappa shape index (κ3) is 2.26. The molecule has 0 amide bonds. The summed E-state index contributed by atoms with van der Waals surface area (Å²) in [4.78, 5) is 21.4. The molecule has 112 valence electrons. The quantitative estimate of drug-likeness (QED) is 0.774. The average Bonchev–Trinajstić information content (AvgIpc) is 2.97. The highest BCUT2D eigenvalue weighted by atomic mass is 16.1. The number of hydrogen-bond acceptors (Lipinski definition) is 4. The predicted octanol–water partition coefficient (Wildman–Crippen LogP) is 1.91. The largest absolute Gasteiger partial charge is 0.351 e. The Balaban J connectivity index is 1.66. The monoisotopic (exact) mass is 295 g/mol.